The molecule has 1 saturated carbocycles. The minimum Gasteiger partial charge on any atom is -0.338 e. The van der Waals surface area contributed by atoms with Gasteiger partial charge in [-0.05, 0) is 55.4 Å². The van der Waals surface area contributed by atoms with Crippen molar-refractivity contribution < 1.29 is 9.18 Å². The van der Waals surface area contributed by atoms with Crippen molar-refractivity contribution in [3.63, 3.8) is 0 Å². The van der Waals surface area contributed by atoms with Crippen LogP contribution < -0.4 is 5.73 Å². The lowest BCUT2D eigenvalue weighted by atomic mass is 9.98. The summed E-state index contributed by atoms with van der Waals surface area (Å²) in [7, 11) is 0. The monoisotopic (exact) mass is 262 g/mol. The van der Waals surface area contributed by atoms with Crippen LogP contribution in [0.3, 0.4) is 0 Å². The number of halogens is 1. The Bertz CT molecular complexity index is 497. The molecular formula is C15H19FN2O. The lowest BCUT2D eigenvalue weighted by Crippen LogP contribution is -2.33. The number of carbonyl (C=O) groups is 1. The number of benzene rings is 1. The van der Waals surface area contributed by atoms with Crippen LogP contribution in [0.25, 0.3) is 0 Å². The number of nitrogens with two attached hydrogens (primary N) is 1. The first-order chi connectivity index (χ1) is 9.04. The van der Waals surface area contributed by atoms with Crippen molar-refractivity contribution in [1.82, 2.24) is 4.90 Å². The summed E-state index contributed by atoms with van der Waals surface area (Å²) in [6.07, 6.45) is 2.17. The summed E-state index contributed by atoms with van der Waals surface area (Å²) in [5.74, 6) is 0.552. The van der Waals surface area contributed by atoms with Gasteiger partial charge in [-0.2, -0.15) is 0 Å². The molecule has 1 saturated heterocycles. The molecule has 0 aromatic heterocycles. The molecule has 1 aromatic carbocycles. The number of hydrogen-bond donors (Lipinski definition) is 1. The Hall–Kier alpha value is -1.42. The second-order valence-corrected chi connectivity index (χ2v) is 5.89. The van der Waals surface area contributed by atoms with E-state index in [1.54, 1.807) is 13.0 Å². The maximum atomic E-state index is 13.4. The third kappa shape index (κ3) is 2.25. The molecule has 3 atom stereocenters. The van der Waals surface area contributed by atoms with Gasteiger partial charge in [0.1, 0.15) is 5.82 Å². The molecule has 1 heterocycles. The van der Waals surface area contributed by atoms with Gasteiger partial charge in [-0.15, -0.1) is 0 Å². The topological polar surface area (TPSA) is 46.3 Å². The van der Waals surface area contributed by atoms with Crippen LogP contribution in [0.5, 0.6) is 0 Å². The number of aryl methyl sites for hydroxylation is 1. The molecule has 0 bridgehead atoms. The van der Waals surface area contributed by atoms with Crippen molar-refractivity contribution in [3.8, 4) is 0 Å². The van der Waals surface area contributed by atoms with Crippen LogP contribution in [0.1, 0.15) is 28.8 Å². The molecular weight excluding hydrogens is 243 g/mol. The third-order valence-electron chi connectivity index (χ3n) is 4.49. The Morgan fingerprint density at radius 2 is 2.11 bits per heavy atom. The minimum absolute atomic E-state index is 0.0656. The van der Waals surface area contributed by atoms with Crippen molar-refractivity contribution in [1.29, 1.82) is 0 Å². The van der Waals surface area contributed by atoms with Crippen molar-refractivity contribution in [3.05, 3.63) is 35.1 Å². The van der Waals surface area contributed by atoms with E-state index in [0.29, 0.717) is 17.4 Å². The quantitative estimate of drug-likeness (QED) is 0.840. The van der Waals surface area contributed by atoms with E-state index in [4.69, 9.17) is 5.73 Å². The molecule has 3 nitrogen and oxygen atoms in total. The Balaban J connectivity index is 1.78. The molecule has 4 heteroatoms. The molecule has 1 aliphatic carbocycles. The number of amides is 1. The van der Waals surface area contributed by atoms with Crippen LogP contribution >= 0.6 is 0 Å². The molecule has 1 aliphatic heterocycles. The number of hydrogen-bond acceptors (Lipinski definition) is 2. The number of carbonyl (C=O) groups excluding carboxylic acids is 1. The maximum Gasteiger partial charge on any atom is 0.253 e. The molecule has 19 heavy (non-hydrogen) atoms. The van der Waals surface area contributed by atoms with Gasteiger partial charge < -0.3 is 10.6 Å². The average Bonchev–Trinajstić information content (AvgIpc) is 2.90. The van der Waals surface area contributed by atoms with E-state index in [1.807, 2.05) is 4.90 Å². The van der Waals surface area contributed by atoms with Crippen molar-refractivity contribution in [2.24, 2.45) is 17.6 Å². The van der Waals surface area contributed by atoms with Gasteiger partial charge in [0.15, 0.2) is 0 Å². The van der Waals surface area contributed by atoms with Crippen LogP contribution in [0, 0.1) is 24.6 Å². The zero-order valence-electron chi connectivity index (χ0n) is 11.1. The van der Waals surface area contributed by atoms with Crippen molar-refractivity contribution in [2.45, 2.75) is 25.8 Å². The van der Waals surface area contributed by atoms with Crippen molar-refractivity contribution >= 4 is 5.91 Å². The summed E-state index contributed by atoms with van der Waals surface area (Å²) < 4.78 is 13.4. The van der Waals surface area contributed by atoms with Gasteiger partial charge >= 0.3 is 0 Å². The van der Waals surface area contributed by atoms with Gasteiger partial charge in [0.2, 0.25) is 0 Å². The zero-order chi connectivity index (χ0) is 13.6. The molecule has 102 valence electrons. The molecule has 1 amide bonds. The van der Waals surface area contributed by atoms with E-state index in [2.05, 4.69) is 0 Å². The number of rotatable bonds is 1. The maximum absolute atomic E-state index is 13.4. The second-order valence-electron chi connectivity index (χ2n) is 5.89. The Kier molecular flexibility index (Phi) is 3.05. The summed E-state index contributed by atoms with van der Waals surface area (Å²) >= 11 is 0. The Morgan fingerprint density at radius 3 is 2.79 bits per heavy atom. The predicted molar refractivity (Wildman–Crippen MR) is 71.2 cm³/mol. The lowest BCUT2D eigenvalue weighted by molar-refractivity contribution is 0.0779. The molecule has 3 unspecified atom stereocenters. The molecule has 0 radical (unpaired) electrons. The lowest BCUT2D eigenvalue weighted by Gasteiger charge is -2.19. The predicted octanol–water partition coefficient (Wildman–Crippen LogP) is 1.94. The van der Waals surface area contributed by atoms with Gasteiger partial charge in [0.05, 0.1) is 0 Å². The Labute approximate surface area is 112 Å². The second kappa shape index (κ2) is 4.60. The van der Waals surface area contributed by atoms with E-state index < -0.39 is 0 Å². The normalized spacial score (nSPS) is 29.6. The first kappa shape index (κ1) is 12.6. The largest absolute Gasteiger partial charge is 0.338 e. The van der Waals surface area contributed by atoms with Crippen LogP contribution in [0.2, 0.25) is 0 Å². The summed E-state index contributed by atoms with van der Waals surface area (Å²) in [6, 6.07) is 4.73. The van der Waals surface area contributed by atoms with E-state index in [-0.39, 0.29) is 17.8 Å². The van der Waals surface area contributed by atoms with Crippen LogP contribution in [0.15, 0.2) is 18.2 Å². The summed E-state index contributed by atoms with van der Waals surface area (Å²) in [4.78, 5) is 14.2. The first-order valence-corrected chi connectivity index (χ1v) is 6.86. The van der Waals surface area contributed by atoms with E-state index in [0.717, 1.165) is 31.5 Å². The molecule has 2 N–H and O–H groups in total. The first-order valence-electron chi connectivity index (χ1n) is 6.86. The third-order valence-corrected chi connectivity index (χ3v) is 4.49. The smallest absolute Gasteiger partial charge is 0.253 e. The van der Waals surface area contributed by atoms with E-state index in [1.165, 1.54) is 12.1 Å². The SMILES string of the molecule is Cc1cc(F)cc(C(=O)N2CC3CCC(N)C3C2)c1. The van der Waals surface area contributed by atoms with E-state index in [9.17, 15) is 9.18 Å². The van der Waals surface area contributed by atoms with Crippen LogP contribution in [-0.2, 0) is 0 Å². The van der Waals surface area contributed by atoms with Crippen LogP contribution in [0.4, 0.5) is 4.39 Å². The van der Waals surface area contributed by atoms with Gasteiger partial charge in [-0.1, -0.05) is 0 Å². The summed E-state index contributed by atoms with van der Waals surface area (Å²) in [5.41, 5.74) is 7.30. The zero-order valence-corrected chi connectivity index (χ0v) is 11.1. The van der Waals surface area contributed by atoms with Gasteiger partial charge in [-0.3, -0.25) is 4.79 Å². The van der Waals surface area contributed by atoms with Crippen LogP contribution in [-0.4, -0.2) is 29.9 Å². The molecule has 2 aliphatic rings. The van der Waals surface area contributed by atoms with Crippen molar-refractivity contribution in [2.75, 3.05) is 13.1 Å². The van der Waals surface area contributed by atoms with Gasteiger partial charge in [0, 0.05) is 24.7 Å². The number of nitrogens with zero attached hydrogens (tertiary/aromatic N) is 1. The minimum atomic E-state index is -0.348. The molecule has 1 aromatic rings. The standard InChI is InChI=1S/C15H19FN2O/c1-9-4-11(6-12(16)5-9)15(19)18-7-10-2-3-14(17)13(10)8-18/h4-6,10,13-14H,2-3,7-8,17H2,1H3. The highest BCUT2D eigenvalue weighted by molar-refractivity contribution is 5.94. The highest BCUT2D eigenvalue weighted by Crippen LogP contribution is 2.37. The fraction of sp³-hybridized carbons (Fsp3) is 0.533. The highest BCUT2D eigenvalue weighted by Gasteiger charge is 2.42. The average molecular weight is 262 g/mol. The summed E-state index contributed by atoms with van der Waals surface area (Å²) in [5, 5.41) is 0. The fourth-order valence-electron chi connectivity index (χ4n) is 3.52. The van der Waals surface area contributed by atoms with Gasteiger partial charge in [0.25, 0.3) is 5.91 Å². The molecule has 2 fully saturated rings. The fourth-order valence-corrected chi connectivity index (χ4v) is 3.52. The van der Waals surface area contributed by atoms with Gasteiger partial charge in [-0.25, -0.2) is 4.39 Å². The number of likely N-dealkylation sites (tertiary alicyclic amines) is 1. The van der Waals surface area contributed by atoms with E-state index >= 15 is 0 Å². The number of fused-ring (bicyclic) bond motifs is 1. The molecule has 0 spiro atoms. The highest BCUT2D eigenvalue weighted by atomic mass is 19.1. The summed E-state index contributed by atoms with van der Waals surface area (Å²) in [6.45, 7) is 3.29. The molecule has 3 rings (SSSR count). The Morgan fingerprint density at radius 1 is 1.32 bits per heavy atom.